The van der Waals surface area contributed by atoms with Gasteiger partial charge < -0.3 is 0 Å². The van der Waals surface area contributed by atoms with Crippen molar-refractivity contribution in [2.75, 3.05) is 0 Å². The molecule has 0 spiro atoms. The predicted octanol–water partition coefficient (Wildman–Crippen LogP) is 5.71. The first-order chi connectivity index (χ1) is 8.97. The van der Waals surface area contributed by atoms with E-state index in [1.165, 1.54) is 23.9 Å². The smallest absolute Gasteiger partial charge is 0.258 e. The third-order valence-corrected chi connectivity index (χ3v) is 4.46. The zero-order chi connectivity index (χ0) is 14.0. The summed E-state index contributed by atoms with van der Waals surface area (Å²) in [4.78, 5) is 11.7. The second-order valence-electron chi connectivity index (χ2n) is 3.55. The van der Waals surface area contributed by atoms with E-state index in [1.54, 1.807) is 24.3 Å². The van der Waals surface area contributed by atoms with Crippen LogP contribution in [0, 0.1) is 10.1 Å². The number of non-ortho nitro benzene ring substituents is 1. The minimum absolute atomic E-state index is 0.0459. The van der Waals surface area contributed by atoms with Gasteiger partial charge in [-0.05, 0) is 24.3 Å². The Labute approximate surface area is 128 Å². The van der Waals surface area contributed by atoms with Gasteiger partial charge in [0.2, 0.25) is 0 Å². The molecule has 0 saturated heterocycles. The SMILES string of the molecule is O=[N+]([O-])c1ccc(Sc2cc(Cl)c(Cl)cc2Cl)cc1. The Kier molecular flexibility index (Phi) is 4.58. The number of nitrogens with zero attached hydrogens (tertiary/aromatic N) is 1. The highest BCUT2D eigenvalue weighted by atomic mass is 35.5. The van der Waals surface area contributed by atoms with Crippen LogP contribution in [0.3, 0.4) is 0 Å². The molecule has 98 valence electrons. The first-order valence-electron chi connectivity index (χ1n) is 5.04. The average Bonchev–Trinajstić information content (AvgIpc) is 2.36. The van der Waals surface area contributed by atoms with Gasteiger partial charge in [-0.1, -0.05) is 46.6 Å². The van der Waals surface area contributed by atoms with Gasteiger partial charge in [0.05, 0.1) is 20.0 Å². The normalized spacial score (nSPS) is 10.5. The van der Waals surface area contributed by atoms with Gasteiger partial charge >= 0.3 is 0 Å². The lowest BCUT2D eigenvalue weighted by Gasteiger charge is -2.06. The largest absolute Gasteiger partial charge is 0.269 e. The quantitative estimate of drug-likeness (QED) is 0.410. The summed E-state index contributed by atoms with van der Waals surface area (Å²) in [5, 5.41) is 11.8. The fourth-order valence-corrected chi connectivity index (χ4v) is 2.93. The van der Waals surface area contributed by atoms with Gasteiger partial charge in [0.15, 0.2) is 0 Å². The number of halogens is 3. The summed E-state index contributed by atoms with van der Waals surface area (Å²) in [6.07, 6.45) is 0. The van der Waals surface area contributed by atoms with Gasteiger partial charge in [0.1, 0.15) is 0 Å². The highest BCUT2D eigenvalue weighted by Gasteiger charge is 2.09. The number of benzene rings is 2. The molecule has 2 aromatic carbocycles. The molecule has 0 saturated carbocycles. The molecular weight excluding hydrogens is 329 g/mol. The molecule has 0 unspecified atom stereocenters. The van der Waals surface area contributed by atoms with Gasteiger partial charge in [-0.2, -0.15) is 0 Å². The lowest BCUT2D eigenvalue weighted by molar-refractivity contribution is -0.384. The summed E-state index contributed by atoms with van der Waals surface area (Å²) in [5.41, 5.74) is 0.0459. The van der Waals surface area contributed by atoms with Gasteiger partial charge in [0.25, 0.3) is 5.69 Å². The Morgan fingerprint density at radius 3 is 2.11 bits per heavy atom. The van der Waals surface area contributed by atoms with Crippen LogP contribution in [0.2, 0.25) is 15.1 Å². The van der Waals surface area contributed by atoms with Gasteiger partial charge in [-0.3, -0.25) is 10.1 Å². The van der Waals surface area contributed by atoms with E-state index in [4.69, 9.17) is 34.8 Å². The summed E-state index contributed by atoms with van der Waals surface area (Å²) >= 11 is 19.2. The van der Waals surface area contributed by atoms with E-state index in [0.29, 0.717) is 15.1 Å². The van der Waals surface area contributed by atoms with Crippen molar-refractivity contribution < 1.29 is 4.92 Å². The van der Waals surface area contributed by atoms with E-state index in [1.807, 2.05) is 0 Å². The molecule has 0 heterocycles. The monoisotopic (exact) mass is 333 g/mol. The van der Waals surface area contributed by atoms with Crippen LogP contribution < -0.4 is 0 Å². The van der Waals surface area contributed by atoms with E-state index in [2.05, 4.69) is 0 Å². The molecule has 0 aliphatic rings. The molecule has 3 nitrogen and oxygen atoms in total. The summed E-state index contributed by atoms with van der Waals surface area (Å²) in [6, 6.07) is 9.42. The number of nitro benzene ring substituents is 1. The van der Waals surface area contributed by atoms with Gasteiger partial charge in [-0.25, -0.2) is 0 Å². The zero-order valence-electron chi connectivity index (χ0n) is 9.27. The summed E-state index contributed by atoms with van der Waals surface area (Å²) in [5.74, 6) is 0. The fourth-order valence-electron chi connectivity index (χ4n) is 1.35. The van der Waals surface area contributed by atoms with Crippen molar-refractivity contribution in [1.29, 1.82) is 0 Å². The summed E-state index contributed by atoms with van der Waals surface area (Å²) in [6.45, 7) is 0. The average molecular weight is 335 g/mol. The van der Waals surface area contributed by atoms with Crippen LogP contribution in [0.15, 0.2) is 46.2 Å². The van der Waals surface area contributed by atoms with Crippen LogP contribution in [-0.4, -0.2) is 4.92 Å². The van der Waals surface area contributed by atoms with Crippen LogP contribution in [0.5, 0.6) is 0 Å². The second-order valence-corrected chi connectivity index (χ2v) is 5.89. The third-order valence-electron chi connectivity index (χ3n) is 2.25. The maximum absolute atomic E-state index is 10.6. The fraction of sp³-hybridized carbons (Fsp3) is 0. The molecule has 2 rings (SSSR count). The van der Waals surface area contributed by atoms with Crippen molar-refractivity contribution in [3.05, 3.63) is 61.6 Å². The van der Waals surface area contributed by atoms with Crippen molar-refractivity contribution in [2.45, 2.75) is 9.79 Å². The van der Waals surface area contributed by atoms with Crippen LogP contribution in [0.25, 0.3) is 0 Å². The first-order valence-corrected chi connectivity index (χ1v) is 6.99. The topological polar surface area (TPSA) is 43.1 Å². The molecule has 2 aromatic rings. The van der Waals surface area contributed by atoms with Crippen molar-refractivity contribution in [3.63, 3.8) is 0 Å². The van der Waals surface area contributed by atoms with Crippen molar-refractivity contribution in [1.82, 2.24) is 0 Å². The van der Waals surface area contributed by atoms with E-state index in [9.17, 15) is 10.1 Å². The second kappa shape index (κ2) is 6.01. The molecular formula is C12H6Cl3NO2S. The van der Waals surface area contributed by atoms with Crippen LogP contribution in [-0.2, 0) is 0 Å². The number of hydrogen-bond acceptors (Lipinski definition) is 3. The van der Waals surface area contributed by atoms with Gasteiger partial charge in [0, 0.05) is 21.9 Å². The van der Waals surface area contributed by atoms with E-state index < -0.39 is 4.92 Å². The molecule has 0 atom stereocenters. The Morgan fingerprint density at radius 2 is 1.53 bits per heavy atom. The molecule has 7 heteroatoms. The third kappa shape index (κ3) is 3.54. The Morgan fingerprint density at radius 1 is 0.947 bits per heavy atom. The molecule has 0 N–H and O–H groups in total. The Hall–Kier alpha value is -0.940. The molecule has 0 aliphatic carbocycles. The van der Waals surface area contributed by atoms with Crippen LogP contribution in [0.1, 0.15) is 0 Å². The van der Waals surface area contributed by atoms with Crippen molar-refractivity contribution >= 4 is 52.3 Å². The van der Waals surface area contributed by atoms with Crippen molar-refractivity contribution in [3.8, 4) is 0 Å². The maximum atomic E-state index is 10.6. The minimum atomic E-state index is -0.444. The maximum Gasteiger partial charge on any atom is 0.269 e. The van der Waals surface area contributed by atoms with Crippen molar-refractivity contribution in [2.24, 2.45) is 0 Å². The highest BCUT2D eigenvalue weighted by molar-refractivity contribution is 7.99. The minimum Gasteiger partial charge on any atom is -0.258 e. The standard InChI is InChI=1S/C12H6Cl3NO2S/c13-9-5-11(15)12(6-10(9)14)19-8-3-1-7(2-4-8)16(17)18/h1-6H. The Balaban J connectivity index is 2.26. The van der Waals surface area contributed by atoms with Crippen LogP contribution in [0.4, 0.5) is 5.69 Å². The lowest BCUT2D eigenvalue weighted by atomic mass is 10.3. The zero-order valence-corrected chi connectivity index (χ0v) is 12.4. The van der Waals surface area contributed by atoms with Gasteiger partial charge in [-0.15, -0.1) is 0 Å². The molecule has 0 amide bonds. The summed E-state index contributed by atoms with van der Waals surface area (Å²) in [7, 11) is 0. The van der Waals surface area contributed by atoms with E-state index >= 15 is 0 Å². The first kappa shape index (κ1) is 14.5. The Bertz CT molecular complexity index is 632. The van der Waals surface area contributed by atoms with E-state index in [0.717, 1.165) is 9.79 Å². The van der Waals surface area contributed by atoms with E-state index in [-0.39, 0.29) is 5.69 Å². The number of hydrogen-bond donors (Lipinski definition) is 0. The molecule has 19 heavy (non-hydrogen) atoms. The lowest BCUT2D eigenvalue weighted by Crippen LogP contribution is -1.86. The molecule has 0 aliphatic heterocycles. The van der Waals surface area contributed by atoms with Crippen LogP contribution >= 0.6 is 46.6 Å². The highest BCUT2D eigenvalue weighted by Crippen LogP contribution is 2.38. The molecule has 0 aromatic heterocycles. The molecule has 0 fully saturated rings. The number of nitro groups is 1. The summed E-state index contributed by atoms with van der Waals surface area (Å²) < 4.78 is 0. The molecule has 0 bridgehead atoms. The molecule has 0 radical (unpaired) electrons. The predicted molar refractivity (Wildman–Crippen MR) is 78.7 cm³/mol. The number of rotatable bonds is 3.